The highest BCUT2D eigenvalue weighted by atomic mass is 35.5. The summed E-state index contributed by atoms with van der Waals surface area (Å²) in [5.74, 6) is 0.320. The summed E-state index contributed by atoms with van der Waals surface area (Å²) < 4.78 is 37.5. The molecule has 0 saturated carbocycles. The minimum atomic E-state index is -4.27. The molecule has 1 aliphatic heterocycles. The van der Waals surface area contributed by atoms with Crippen LogP contribution in [0.1, 0.15) is 42.6 Å². The van der Waals surface area contributed by atoms with Crippen LogP contribution in [-0.2, 0) is 24.3 Å². The van der Waals surface area contributed by atoms with E-state index < -0.39 is 12.7 Å². The van der Waals surface area contributed by atoms with Crippen LogP contribution in [0, 0.1) is 0 Å². The largest absolute Gasteiger partial charge is 0.401 e. The molecule has 3 rings (SSSR count). The zero-order valence-corrected chi connectivity index (χ0v) is 19.8. The van der Waals surface area contributed by atoms with Crippen molar-refractivity contribution in [1.82, 2.24) is 19.8 Å². The van der Waals surface area contributed by atoms with Crippen LogP contribution in [-0.4, -0.2) is 52.5 Å². The Hall–Kier alpha value is -2.65. The number of nitrogens with one attached hydrogen (secondary N) is 1. The molecule has 10 heteroatoms. The molecule has 0 fully saturated rings. The first-order valence-electron chi connectivity index (χ1n) is 10.7. The van der Waals surface area contributed by atoms with E-state index >= 15 is 0 Å². The van der Waals surface area contributed by atoms with Crippen LogP contribution in [0.4, 0.5) is 13.2 Å². The zero-order valence-electron chi connectivity index (χ0n) is 19.0. The summed E-state index contributed by atoms with van der Waals surface area (Å²) in [6.07, 6.45) is 1.50. The molecule has 0 unspecified atom stereocenters. The molecule has 0 spiro atoms. The van der Waals surface area contributed by atoms with E-state index in [0.29, 0.717) is 30.9 Å². The molecule has 2 heterocycles. The van der Waals surface area contributed by atoms with Gasteiger partial charge in [-0.2, -0.15) is 13.2 Å². The third kappa shape index (κ3) is 9.79. The number of amides is 1. The highest BCUT2D eigenvalue weighted by Gasteiger charge is 2.26. The van der Waals surface area contributed by atoms with Gasteiger partial charge in [-0.1, -0.05) is 56.6 Å². The lowest BCUT2D eigenvalue weighted by molar-refractivity contribution is -0.127. The minimum absolute atomic E-state index is 0.0387. The molecule has 182 valence electrons. The second kappa shape index (κ2) is 14.5. The standard InChI is InChI=1S/C13H15F3N4O2.C8H9Cl.C2H6/c14-13(15,16)9-17-3-1-2-12(22)19-4-5-20-10(8-21)6-18-11(20)7-19;1-2-7-5-3-4-6-8(7)9;1-2/h1-2,6,8,17H,3-5,7,9H2;3-6H,2H2,1H3;1-2H3/b2-1+;;. The molecule has 1 aliphatic rings. The van der Waals surface area contributed by atoms with Crippen molar-refractivity contribution in [2.75, 3.05) is 19.6 Å². The molecule has 0 aliphatic carbocycles. The van der Waals surface area contributed by atoms with Crippen LogP contribution >= 0.6 is 11.6 Å². The third-order valence-corrected chi connectivity index (χ3v) is 4.88. The van der Waals surface area contributed by atoms with E-state index in [2.05, 4.69) is 17.2 Å². The van der Waals surface area contributed by atoms with Gasteiger partial charge in [-0.25, -0.2) is 4.98 Å². The lowest BCUT2D eigenvalue weighted by atomic mass is 10.2. The van der Waals surface area contributed by atoms with E-state index in [1.807, 2.05) is 38.1 Å². The van der Waals surface area contributed by atoms with Gasteiger partial charge in [-0.15, -0.1) is 0 Å². The fourth-order valence-electron chi connectivity index (χ4n) is 2.91. The Balaban J connectivity index is 0.000000412. The number of halogens is 4. The summed E-state index contributed by atoms with van der Waals surface area (Å²) in [4.78, 5) is 28.3. The van der Waals surface area contributed by atoms with Gasteiger partial charge in [0.15, 0.2) is 6.29 Å². The summed E-state index contributed by atoms with van der Waals surface area (Å²) in [7, 11) is 0. The Morgan fingerprint density at radius 3 is 2.52 bits per heavy atom. The number of alkyl halides is 3. The Morgan fingerprint density at radius 1 is 1.24 bits per heavy atom. The van der Waals surface area contributed by atoms with E-state index in [1.54, 1.807) is 4.57 Å². The van der Waals surface area contributed by atoms with E-state index in [9.17, 15) is 22.8 Å². The van der Waals surface area contributed by atoms with Crippen molar-refractivity contribution in [3.05, 3.63) is 64.7 Å². The fraction of sp³-hybridized carbons (Fsp3) is 0.435. The molecular weight excluding hydrogens is 457 g/mol. The maximum atomic E-state index is 11.9. The quantitative estimate of drug-likeness (QED) is 0.366. The number of hydrogen-bond donors (Lipinski definition) is 1. The maximum absolute atomic E-state index is 11.9. The summed E-state index contributed by atoms with van der Waals surface area (Å²) >= 11 is 5.82. The molecule has 1 aromatic heterocycles. The number of aldehydes is 1. The lowest BCUT2D eigenvalue weighted by Crippen LogP contribution is -2.38. The Kier molecular flexibility index (Phi) is 12.5. The monoisotopic (exact) mass is 486 g/mol. The van der Waals surface area contributed by atoms with Crippen LogP contribution in [0.3, 0.4) is 0 Å². The third-order valence-electron chi connectivity index (χ3n) is 4.51. The van der Waals surface area contributed by atoms with E-state index in [-0.39, 0.29) is 19.0 Å². The first kappa shape index (κ1) is 28.4. The van der Waals surface area contributed by atoms with Crippen LogP contribution in [0.25, 0.3) is 0 Å². The maximum Gasteiger partial charge on any atom is 0.401 e. The molecule has 0 radical (unpaired) electrons. The molecule has 1 amide bonds. The first-order valence-corrected chi connectivity index (χ1v) is 11.1. The van der Waals surface area contributed by atoms with Crippen LogP contribution in [0.2, 0.25) is 5.02 Å². The summed E-state index contributed by atoms with van der Waals surface area (Å²) in [5.41, 5.74) is 1.69. The molecule has 2 aromatic rings. The number of aromatic nitrogens is 2. The van der Waals surface area contributed by atoms with E-state index in [4.69, 9.17) is 11.6 Å². The molecule has 33 heavy (non-hydrogen) atoms. The molecular formula is C23H30ClF3N4O2. The zero-order chi connectivity index (χ0) is 24.9. The van der Waals surface area contributed by atoms with Crippen molar-refractivity contribution in [1.29, 1.82) is 0 Å². The van der Waals surface area contributed by atoms with Crippen molar-refractivity contribution in [3.63, 3.8) is 0 Å². The predicted molar refractivity (Wildman–Crippen MR) is 123 cm³/mol. The highest BCUT2D eigenvalue weighted by Crippen LogP contribution is 2.15. The van der Waals surface area contributed by atoms with Gasteiger partial charge < -0.3 is 14.8 Å². The summed E-state index contributed by atoms with van der Waals surface area (Å²) in [6.45, 7) is 6.12. The van der Waals surface area contributed by atoms with E-state index in [1.165, 1.54) is 28.8 Å². The normalized spacial score (nSPS) is 12.9. The van der Waals surface area contributed by atoms with Gasteiger partial charge in [-0.3, -0.25) is 9.59 Å². The van der Waals surface area contributed by atoms with Gasteiger partial charge in [-0.05, 0) is 18.1 Å². The van der Waals surface area contributed by atoms with Crippen LogP contribution < -0.4 is 5.32 Å². The van der Waals surface area contributed by atoms with Gasteiger partial charge in [0, 0.05) is 30.7 Å². The number of aryl methyl sites for hydroxylation is 1. The smallest absolute Gasteiger partial charge is 0.330 e. The molecule has 0 atom stereocenters. The molecule has 0 bridgehead atoms. The van der Waals surface area contributed by atoms with Crippen molar-refractivity contribution < 1.29 is 22.8 Å². The Bertz CT molecular complexity index is 913. The number of rotatable bonds is 6. The van der Waals surface area contributed by atoms with Crippen LogP contribution in [0.5, 0.6) is 0 Å². The van der Waals surface area contributed by atoms with Crippen LogP contribution in [0.15, 0.2) is 42.6 Å². The summed E-state index contributed by atoms with van der Waals surface area (Å²) in [6, 6.07) is 7.91. The molecule has 0 saturated heterocycles. The topological polar surface area (TPSA) is 67.2 Å². The molecule has 6 nitrogen and oxygen atoms in total. The van der Waals surface area contributed by atoms with Gasteiger partial charge in [0.25, 0.3) is 0 Å². The molecule has 1 aromatic carbocycles. The average molecular weight is 487 g/mol. The highest BCUT2D eigenvalue weighted by molar-refractivity contribution is 6.31. The Morgan fingerprint density at radius 2 is 1.94 bits per heavy atom. The van der Waals surface area contributed by atoms with Gasteiger partial charge in [0.2, 0.25) is 5.91 Å². The Labute approximate surface area is 197 Å². The van der Waals surface area contributed by atoms with Crippen molar-refractivity contribution in [2.45, 2.75) is 46.5 Å². The fourth-order valence-corrected chi connectivity index (χ4v) is 3.18. The van der Waals surface area contributed by atoms with Gasteiger partial charge in [0.05, 0.1) is 19.3 Å². The average Bonchev–Trinajstić information content (AvgIpc) is 3.22. The number of carbonyl (C=O) groups is 2. The van der Waals surface area contributed by atoms with Crippen molar-refractivity contribution in [2.24, 2.45) is 0 Å². The van der Waals surface area contributed by atoms with Crippen molar-refractivity contribution in [3.8, 4) is 0 Å². The number of fused-ring (bicyclic) bond motifs is 1. The number of hydrogen-bond acceptors (Lipinski definition) is 4. The number of imidazole rings is 1. The SMILES string of the molecule is CC.CCc1ccccc1Cl.O=Cc1cnc2n1CCN(C(=O)/C=C/CNCC(F)(F)F)C2. The van der Waals surface area contributed by atoms with Crippen molar-refractivity contribution >= 4 is 23.8 Å². The molecule has 1 N–H and O–H groups in total. The van der Waals surface area contributed by atoms with Gasteiger partial charge >= 0.3 is 6.18 Å². The number of carbonyl (C=O) groups excluding carboxylic acids is 2. The lowest BCUT2D eigenvalue weighted by Gasteiger charge is -2.27. The minimum Gasteiger partial charge on any atom is -0.330 e. The number of benzene rings is 1. The summed E-state index contributed by atoms with van der Waals surface area (Å²) in [5, 5.41) is 3.05. The predicted octanol–water partition coefficient (Wildman–Crippen LogP) is 4.67. The first-order chi connectivity index (χ1) is 15.7. The second-order valence-corrected chi connectivity index (χ2v) is 7.13. The van der Waals surface area contributed by atoms with E-state index in [0.717, 1.165) is 11.4 Å². The second-order valence-electron chi connectivity index (χ2n) is 6.72. The van der Waals surface area contributed by atoms with Gasteiger partial charge in [0.1, 0.15) is 11.5 Å². The number of nitrogens with zero attached hydrogens (tertiary/aromatic N) is 3.